The van der Waals surface area contributed by atoms with Gasteiger partial charge in [0.2, 0.25) is 0 Å². The number of hydrogen-bond donors (Lipinski definition) is 2. The van der Waals surface area contributed by atoms with E-state index in [9.17, 15) is 4.79 Å². The van der Waals surface area contributed by atoms with Crippen molar-refractivity contribution in [2.24, 2.45) is 0 Å². The number of carbonyl (C=O) groups excluding carboxylic acids is 1. The van der Waals surface area contributed by atoms with Crippen LogP contribution in [0.4, 0.5) is 5.82 Å². The quantitative estimate of drug-likeness (QED) is 0.323. The van der Waals surface area contributed by atoms with E-state index in [0.29, 0.717) is 37.0 Å². The highest BCUT2D eigenvalue weighted by atomic mass is 32.2. The summed E-state index contributed by atoms with van der Waals surface area (Å²) >= 11 is 1.47. The van der Waals surface area contributed by atoms with E-state index in [1.807, 2.05) is 37.4 Å². The fourth-order valence-electron chi connectivity index (χ4n) is 2.79. The number of ether oxygens (including phenoxy) is 1. The normalized spacial score (nSPS) is 11.0. The number of amides is 1. The average molecular weight is 401 g/mol. The number of aryl methyl sites for hydroxylation is 1. The van der Waals surface area contributed by atoms with E-state index >= 15 is 0 Å². The molecule has 0 spiro atoms. The van der Waals surface area contributed by atoms with Crippen LogP contribution in [-0.4, -0.2) is 58.7 Å². The molecule has 3 aromatic rings. The SMILES string of the molecule is COCCNc1nc(SC)nc2c1cnn2CCNC(=O)c1ccccc1C. The number of aromatic nitrogens is 4. The number of methoxy groups -OCH3 is 1. The standard InChI is InChI=1S/C19H24N6O2S/c1-13-6-4-5-7-14(13)18(26)21-8-10-25-17-15(12-22-25)16(20-9-11-27-2)23-19(24-17)28-3/h4-7,12H,8-11H2,1-3H3,(H,21,26)(H,20,23,24). The molecule has 2 N–H and O–H groups in total. The van der Waals surface area contributed by atoms with Gasteiger partial charge < -0.3 is 15.4 Å². The zero-order valence-corrected chi connectivity index (χ0v) is 17.0. The fraction of sp³-hybridized carbons (Fsp3) is 0.368. The van der Waals surface area contributed by atoms with Crippen molar-refractivity contribution in [3.05, 3.63) is 41.6 Å². The first-order chi connectivity index (χ1) is 13.6. The van der Waals surface area contributed by atoms with Crippen LogP contribution in [0.25, 0.3) is 11.0 Å². The van der Waals surface area contributed by atoms with Crippen molar-refractivity contribution in [2.75, 3.05) is 38.4 Å². The van der Waals surface area contributed by atoms with Gasteiger partial charge in [-0.05, 0) is 24.8 Å². The summed E-state index contributed by atoms with van der Waals surface area (Å²) in [5.74, 6) is 0.650. The second-order valence-electron chi connectivity index (χ2n) is 6.15. The van der Waals surface area contributed by atoms with Gasteiger partial charge >= 0.3 is 0 Å². The van der Waals surface area contributed by atoms with Crippen molar-refractivity contribution in [3.8, 4) is 0 Å². The van der Waals surface area contributed by atoms with Crippen molar-refractivity contribution in [3.63, 3.8) is 0 Å². The van der Waals surface area contributed by atoms with Crippen molar-refractivity contribution >= 4 is 34.5 Å². The molecule has 1 amide bonds. The topological polar surface area (TPSA) is 94.0 Å². The van der Waals surface area contributed by atoms with E-state index in [-0.39, 0.29) is 5.91 Å². The second-order valence-corrected chi connectivity index (χ2v) is 6.93. The van der Waals surface area contributed by atoms with Gasteiger partial charge in [0, 0.05) is 25.8 Å². The van der Waals surface area contributed by atoms with E-state index in [1.54, 1.807) is 18.0 Å². The van der Waals surface area contributed by atoms with Crippen molar-refractivity contribution in [1.29, 1.82) is 0 Å². The Balaban J connectivity index is 1.72. The van der Waals surface area contributed by atoms with Crippen molar-refractivity contribution in [1.82, 2.24) is 25.1 Å². The molecule has 148 valence electrons. The van der Waals surface area contributed by atoms with Gasteiger partial charge in [0.1, 0.15) is 5.82 Å². The predicted octanol–water partition coefficient (Wildman–Crippen LogP) is 2.34. The van der Waals surface area contributed by atoms with Crippen molar-refractivity contribution < 1.29 is 9.53 Å². The predicted molar refractivity (Wildman–Crippen MR) is 111 cm³/mol. The lowest BCUT2D eigenvalue weighted by atomic mass is 10.1. The monoisotopic (exact) mass is 400 g/mol. The maximum Gasteiger partial charge on any atom is 0.251 e. The molecule has 2 heterocycles. The molecule has 9 heteroatoms. The molecule has 0 unspecified atom stereocenters. The first-order valence-electron chi connectivity index (χ1n) is 8.98. The highest BCUT2D eigenvalue weighted by molar-refractivity contribution is 7.98. The zero-order chi connectivity index (χ0) is 19.9. The summed E-state index contributed by atoms with van der Waals surface area (Å²) in [6, 6.07) is 7.53. The molecule has 0 radical (unpaired) electrons. The first-order valence-corrected chi connectivity index (χ1v) is 10.2. The van der Waals surface area contributed by atoms with Gasteiger partial charge in [-0.1, -0.05) is 30.0 Å². The third-order valence-electron chi connectivity index (χ3n) is 4.26. The molecule has 0 aliphatic carbocycles. The van der Waals surface area contributed by atoms with Gasteiger partial charge in [-0.15, -0.1) is 0 Å². The largest absolute Gasteiger partial charge is 0.383 e. The summed E-state index contributed by atoms with van der Waals surface area (Å²) < 4.78 is 6.87. The van der Waals surface area contributed by atoms with Crippen LogP contribution in [0.5, 0.6) is 0 Å². The first kappa shape index (κ1) is 20.1. The molecular weight excluding hydrogens is 376 g/mol. The summed E-state index contributed by atoms with van der Waals surface area (Å²) in [5, 5.41) is 12.2. The molecule has 28 heavy (non-hydrogen) atoms. The second kappa shape index (κ2) is 9.52. The van der Waals surface area contributed by atoms with Gasteiger partial charge in [0.25, 0.3) is 5.91 Å². The molecule has 0 fully saturated rings. The molecular formula is C19H24N6O2S. The van der Waals surface area contributed by atoms with Crippen LogP contribution in [0, 0.1) is 6.92 Å². The minimum atomic E-state index is -0.0871. The Kier molecular flexibility index (Phi) is 6.83. The minimum absolute atomic E-state index is 0.0871. The lowest BCUT2D eigenvalue weighted by Gasteiger charge is -2.10. The average Bonchev–Trinajstić information content (AvgIpc) is 3.11. The van der Waals surface area contributed by atoms with E-state index in [4.69, 9.17) is 4.74 Å². The highest BCUT2D eigenvalue weighted by Gasteiger charge is 2.13. The molecule has 0 bridgehead atoms. The van der Waals surface area contributed by atoms with Crippen LogP contribution in [-0.2, 0) is 11.3 Å². The lowest BCUT2D eigenvalue weighted by Crippen LogP contribution is -2.28. The van der Waals surface area contributed by atoms with E-state index < -0.39 is 0 Å². The lowest BCUT2D eigenvalue weighted by molar-refractivity contribution is 0.0951. The number of anilines is 1. The Hall–Kier alpha value is -2.65. The van der Waals surface area contributed by atoms with Crippen LogP contribution in [0.3, 0.4) is 0 Å². The molecule has 0 atom stereocenters. The maximum absolute atomic E-state index is 12.4. The van der Waals surface area contributed by atoms with Gasteiger partial charge in [-0.25, -0.2) is 14.6 Å². The number of nitrogens with zero attached hydrogens (tertiary/aromatic N) is 4. The Morgan fingerprint density at radius 3 is 2.82 bits per heavy atom. The van der Waals surface area contributed by atoms with E-state index in [1.165, 1.54) is 11.8 Å². The van der Waals surface area contributed by atoms with E-state index in [0.717, 1.165) is 22.4 Å². The summed E-state index contributed by atoms with van der Waals surface area (Å²) in [5.41, 5.74) is 2.38. The molecule has 0 aliphatic heterocycles. The Morgan fingerprint density at radius 2 is 2.07 bits per heavy atom. The van der Waals surface area contributed by atoms with E-state index in [2.05, 4.69) is 25.7 Å². The van der Waals surface area contributed by atoms with Gasteiger partial charge in [-0.3, -0.25) is 4.79 Å². The number of rotatable bonds is 9. The number of fused-ring (bicyclic) bond motifs is 1. The number of carbonyl (C=O) groups is 1. The van der Waals surface area contributed by atoms with Crippen molar-refractivity contribution in [2.45, 2.75) is 18.6 Å². The van der Waals surface area contributed by atoms with Crippen LogP contribution < -0.4 is 10.6 Å². The maximum atomic E-state index is 12.4. The number of benzene rings is 1. The van der Waals surface area contributed by atoms with Gasteiger partial charge in [-0.2, -0.15) is 5.10 Å². The third-order valence-corrected chi connectivity index (χ3v) is 4.80. The molecule has 2 aromatic heterocycles. The number of nitrogens with one attached hydrogen (secondary N) is 2. The summed E-state index contributed by atoms with van der Waals surface area (Å²) in [7, 11) is 1.66. The van der Waals surface area contributed by atoms with Crippen LogP contribution in [0.15, 0.2) is 35.6 Å². The highest BCUT2D eigenvalue weighted by Crippen LogP contribution is 2.23. The van der Waals surface area contributed by atoms with Gasteiger partial charge in [0.05, 0.1) is 24.7 Å². The fourth-order valence-corrected chi connectivity index (χ4v) is 3.16. The molecule has 1 aromatic carbocycles. The number of thioether (sulfide) groups is 1. The molecule has 0 aliphatic rings. The number of hydrogen-bond acceptors (Lipinski definition) is 7. The molecule has 3 rings (SSSR count). The van der Waals surface area contributed by atoms with Crippen LogP contribution >= 0.6 is 11.8 Å². The minimum Gasteiger partial charge on any atom is -0.383 e. The van der Waals surface area contributed by atoms with Crippen LogP contribution in [0.1, 0.15) is 15.9 Å². The Labute approximate surface area is 168 Å². The summed E-state index contributed by atoms with van der Waals surface area (Å²) in [4.78, 5) is 21.5. The molecule has 0 saturated heterocycles. The molecule has 8 nitrogen and oxygen atoms in total. The molecule has 0 saturated carbocycles. The third kappa shape index (κ3) is 4.60. The summed E-state index contributed by atoms with van der Waals surface area (Å²) in [6.45, 7) is 4.13. The zero-order valence-electron chi connectivity index (χ0n) is 16.2. The Bertz CT molecular complexity index is 959. The smallest absolute Gasteiger partial charge is 0.251 e. The van der Waals surface area contributed by atoms with Crippen LogP contribution in [0.2, 0.25) is 0 Å². The Morgan fingerprint density at radius 1 is 1.25 bits per heavy atom. The summed E-state index contributed by atoms with van der Waals surface area (Å²) in [6.07, 6.45) is 3.68. The van der Waals surface area contributed by atoms with Gasteiger partial charge in [0.15, 0.2) is 10.8 Å².